The van der Waals surface area contributed by atoms with Crippen molar-refractivity contribution in [3.05, 3.63) is 40.1 Å². The highest BCUT2D eigenvalue weighted by molar-refractivity contribution is 7.12. The third-order valence-electron chi connectivity index (χ3n) is 5.88. The van der Waals surface area contributed by atoms with E-state index < -0.39 is 0 Å². The summed E-state index contributed by atoms with van der Waals surface area (Å²) >= 11 is 1.49. The zero-order valence-corrected chi connectivity index (χ0v) is 15.8. The van der Waals surface area contributed by atoms with Gasteiger partial charge in [0.25, 0.3) is 5.91 Å². The van der Waals surface area contributed by atoms with Crippen LogP contribution in [0.15, 0.2) is 29.6 Å². The topological polar surface area (TPSA) is 67.9 Å². The number of aryl methyl sites for hydroxylation is 1. The molecule has 1 spiro atoms. The Hall–Kier alpha value is -2.54. The van der Waals surface area contributed by atoms with Crippen LogP contribution in [0.5, 0.6) is 11.5 Å². The highest BCUT2D eigenvalue weighted by Crippen LogP contribution is 2.59. The van der Waals surface area contributed by atoms with Crippen molar-refractivity contribution in [3.8, 4) is 11.5 Å². The monoisotopic (exact) mass is 384 g/mol. The van der Waals surface area contributed by atoms with E-state index in [2.05, 4.69) is 5.32 Å². The standard InChI is InChI=1S/C20H20N2O4S/c1-12-4-7-27-17(12)19(24)22-6-5-20(10-22)9-14(20)18(23)21-13-2-3-15-16(8-13)26-11-25-15/h2-4,7-8,14H,5-6,9-11H2,1H3,(H,21,23). The molecule has 0 bridgehead atoms. The van der Waals surface area contributed by atoms with E-state index in [4.69, 9.17) is 9.47 Å². The van der Waals surface area contributed by atoms with Gasteiger partial charge >= 0.3 is 0 Å². The molecule has 1 aliphatic carbocycles. The number of rotatable bonds is 3. The molecule has 2 unspecified atom stereocenters. The lowest BCUT2D eigenvalue weighted by molar-refractivity contribution is -0.118. The van der Waals surface area contributed by atoms with Gasteiger partial charge in [-0.1, -0.05) is 0 Å². The molecule has 1 aromatic carbocycles. The lowest BCUT2D eigenvalue weighted by Gasteiger charge is -2.16. The number of benzene rings is 1. The predicted molar refractivity (Wildman–Crippen MR) is 101 cm³/mol. The van der Waals surface area contributed by atoms with E-state index in [1.54, 1.807) is 12.1 Å². The van der Waals surface area contributed by atoms with Crippen molar-refractivity contribution in [1.29, 1.82) is 0 Å². The van der Waals surface area contributed by atoms with Crippen LogP contribution < -0.4 is 14.8 Å². The maximum absolute atomic E-state index is 12.7. The number of hydrogen-bond donors (Lipinski definition) is 1. The molecule has 1 aromatic heterocycles. The molecule has 3 aliphatic rings. The van der Waals surface area contributed by atoms with E-state index in [0.29, 0.717) is 23.7 Å². The predicted octanol–water partition coefficient (Wildman–Crippen LogP) is 3.28. The van der Waals surface area contributed by atoms with Crippen LogP contribution in [0.3, 0.4) is 0 Å². The van der Waals surface area contributed by atoms with Crippen molar-refractivity contribution in [2.45, 2.75) is 19.8 Å². The minimum atomic E-state index is -0.0543. The first-order chi connectivity index (χ1) is 13.1. The van der Waals surface area contributed by atoms with E-state index in [1.807, 2.05) is 29.3 Å². The maximum atomic E-state index is 12.7. The molecule has 6 nitrogen and oxygen atoms in total. The first-order valence-corrected chi connectivity index (χ1v) is 9.98. The fourth-order valence-electron chi connectivity index (χ4n) is 4.18. The second-order valence-electron chi connectivity index (χ2n) is 7.59. The molecular weight excluding hydrogens is 364 g/mol. The van der Waals surface area contributed by atoms with Gasteiger partial charge in [0.1, 0.15) is 0 Å². The number of carbonyl (C=O) groups is 2. The summed E-state index contributed by atoms with van der Waals surface area (Å²) in [6, 6.07) is 7.40. The van der Waals surface area contributed by atoms with Crippen molar-refractivity contribution in [2.75, 3.05) is 25.2 Å². The summed E-state index contributed by atoms with van der Waals surface area (Å²) in [5, 5.41) is 4.94. The first kappa shape index (κ1) is 16.6. The Labute approximate surface area is 161 Å². The Morgan fingerprint density at radius 2 is 2.11 bits per heavy atom. The molecule has 5 rings (SSSR count). The number of ether oxygens (including phenoxy) is 2. The van der Waals surface area contributed by atoms with Gasteiger partial charge in [0.15, 0.2) is 11.5 Å². The molecule has 1 saturated carbocycles. The molecule has 2 fully saturated rings. The van der Waals surface area contributed by atoms with Gasteiger partial charge in [-0.05, 0) is 48.9 Å². The van der Waals surface area contributed by atoms with Crippen LogP contribution in [0.4, 0.5) is 5.69 Å². The molecule has 140 valence electrons. The molecule has 1 N–H and O–H groups in total. The molecular formula is C20H20N2O4S. The molecule has 3 heterocycles. The second-order valence-corrected chi connectivity index (χ2v) is 8.50. The van der Waals surface area contributed by atoms with E-state index in [1.165, 1.54) is 11.3 Å². The van der Waals surface area contributed by atoms with E-state index in [0.717, 1.165) is 29.8 Å². The average Bonchev–Trinajstić information content (AvgIpc) is 3.05. The summed E-state index contributed by atoms with van der Waals surface area (Å²) in [7, 11) is 0. The Morgan fingerprint density at radius 1 is 1.26 bits per heavy atom. The number of amides is 2. The van der Waals surface area contributed by atoms with Crippen LogP contribution in [0.2, 0.25) is 0 Å². The molecule has 2 aliphatic heterocycles. The van der Waals surface area contributed by atoms with Crippen LogP contribution in [0.1, 0.15) is 28.1 Å². The van der Waals surface area contributed by atoms with E-state index >= 15 is 0 Å². The first-order valence-electron chi connectivity index (χ1n) is 9.10. The van der Waals surface area contributed by atoms with E-state index in [-0.39, 0.29) is 29.9 Å². The van der Waals surface area contributed by atoms with Gasteiger partial charge in [-0.25, -0.2) is 0 Å². The van der Waals surface area contributed by atoms with E-state index in [9.17, 15) is 9.59 Å². The van der Waals surface area contributed by atoms with Crippen molar-refractivity contribution in [1.82, 2.24) is 4.90 Å². The lowest BCUT2D eigenvalue weighted by Crippen LogP contribution is -2.29. The lowest BCUT2D eigenvalue weighted by atomic mass is 10.0. The fourth-order valence-corrected chi connectivity index (χ4v) is 5.07. The van der Waals surface area contributed by atoms with Crippen molar-refractivity contribution in [3.63, 3.8) is 0 Å². The van der Waals surface area contributed by atoms with Crippen molar-refractivity contribution < 1.29 is 19.1 Å². The zero-order chi connectivity index (χ0) is 18.6. The highest BCUT2D eigenvalue weighted by atomic mass is 32.1. The van der Waals surface area contributed by atoms with Gasteiger partial charge in [-0.2, -0.15) is 0 Å². The van der Waals surface area contributed by atoms with Gasteiger partial charge in [0.05, 0.1) is 4.88 Å². The quantitative estimate of drug-likeness (QED) is 0.882. The van der Waals surface area contributed by atoms with Crippen LogP contribution in [-0.2, 0) is 4.79 Å². The largest absolute Gasteiger partial charge is 0.454 e. The molecule has 2 amide bonds. The highest BCUT2D eigenvalue weighted by Gasteiger charge is 2.61. The van der Waals surface area contributed by atoms with Crippen LogP contribution in [0, 0.1) is 18.3 Å². The van der Waals surface area contributed by atoms with Gasteiger partial charge in [-0.3, -0.25) is 9.59 Å². The number of thiophene rings is 1. The minimum absolute atomic E-state index is 0.0236. The number of hydrogen-bond acceptors (Lipinski definition) is 5. The summed E-state index contributed by atoms with van der Waals surface area (Å²) in [6.45, 7) is 3.58. The Balaban J connectivity index is 1.23. The zero-order valence-electron chi connectivity index (χ0n) is 15.0. The van der Waals surface area contributed by atoms with Gasteiger partial charge in [0, 0.05) is 36.2 Å². The Kier molecular flexibility index (Phi) is 3.69. The molecule has 27 heavy (non-hydrogen) atoms. The van der Waals surface area contributed by atoms with Crippen LogP contribution in [0.25, 0.3) is 0 Å². The molecule has 7 heteroatoms. The Morgan fingerprint density at radius 3 is 2.93 bits per heavy atom. The number of nitrogens with zero attached hydrogens (tertiary/aromatic N) is 1. The number of anilines is 1. The normalized spacial score (nSPS) is 25.1. The number of nitrogens with one attached hydrogen (secondary N) is 1. The molecule has 2 atom stereocenters. The second kappa shape index (κ2) is 5.99. The number of likely N-dealkylation sites (tertiary alicyclic amines) is 1. The summed E-state index contributed by atoms with van der Waals surface area (Å²) in [5.41, 5.74) is 1.69. The minimum Gasteiger partial charge on any atom is -0.454 e. The molecule has 0 radical (unpaired) electrons. The Bertz CT molecular complexity index is 940. The summed E-state index contributed by atoms with van der Waals surface area (Å²) in [5.74, 6) is 1.44. The summed E-state index contributed by atoms with van der Waals surface area (Å²) < 4.78 is 10.7. The van der Waals surface area contributed by atoms with Crippen LogP contribution >= 0.6 is 11.3 Å². The van der Waals surface area contributed by atoms with Gasteiger partial charge < -0.3 is 19.7 Å². The number of fused-ring (bicyclic) bond motifs is 1. The summed E-state index contributed by atoms with van der Waals surface area (Å²) in [6.07, 6.45) is 1.74. The maximum Gasteiger partial charge on any atom is 0.264 e. The smallest absolute Gasteiger partial charge is 0.264 e. The third-order valence-corrected chi connectivity index (χ3v) is 6.88. The number of carbonyl (C=O) groups excluding carboxylic acids is 2. The third kappa shape index (κ3) is 2.77. The van der Waals surface area contributed by atoms with Gasteiger partial charge in [0.2, 0.25) is 12.7 Å². The molecule has 2 aromatic rings. The SMILES string of the molecule is Cc1ccsc1C(=O)N1CCC2(CC2C(=O)Nc2ccc3c(c2)OCO3)C1. The molecule has 1 saturated heterocycles. The summed E-state index contributed by atoms with van der Waals surface area (Å²) in [4.78, 5) is 28.2. The van der Waals surface area contributed by atoms with Crippen molar-refractivity contribution in [2.24, 2.45) is 11.3 Å². The van der Waals surface area contributed by atoms with Crippen molar-refractivity contribution >= 4 is 28.8 Å². The van der Waals surface area contributed by atoms with Gasteiger partial charge in [-0.15, -0.1) is 11.3 Å². The fraction of sp³-hybridized carbons (Fsp3) is 0.400. The van der Waals surface area contributed by atoms with Crippen LogP contribution in [-0.4, -0.2) is 36.6 Å². The average molecular weight is 384 g/mol.